The number of hydrogen-bond acceptors (Lipinski definition) is 7. The number of fused-ring (bicyclic) bond motifs is 1. The van der Waals surface area contributed by atoms with E-state index in [2.05, 4.69) is 14.9 Å². The number of rotatable bonds is 3. The quantitative estimate of drug-likeness (QED) is 0.739. The van der Waals surface area contributed by atoms with Crippen molar-refractivity contribution in [2.24, 2.45) is 0 Å². The Bertz CT molecular complexity index is 964. The van der Waals surface area contributed by atoms with Crippen LogP contribution in [0.5, 0.6) is 5.75 Å². The lowest BCUT2D eigenvalue weighted by Gasteiger charge is -2.27. The topological polar surface area (TPSA) is 82.1 Å². The van der Waals surface area contributed by atoms with Crippen molar-refractivity contribution in [1.29, 1.82) is 0 Å². The van der Waals surface area contributed by atoms with Gasteiger partial charge in [0.2, 0.25) is 11.8 Å². The molecule has 0 unspecified atom stereocenters. The van der Waals surface area contributed by atoms with Crippen molar-refractivity contribution in [3.05, 3.63) is 36.2 Å². The normalized spacial score (nSPS) is 17.2. The van der Waals surface area contributed by atoms with Gasteiger partial charge in [0.1, 0.15) is 23.7 Å². The lowest BCUT2D eigenvalue weighted by molar-refractivity contribution is -0.128. The first kappa shape index (κ1) is 20.9. The lowest BCUT2D eigenvalue weighted by Crippen LogP contribution is -2.36. The van der Waals surface area contributed by atoms with Gasteiger partial charge in [-0.05, 0) is 30.7 Å². The Balaban J connectivity index is 1.68. The largest absolute Gasteiger partial charge is 0.497 e. The maximum Gasteiger partial charge on any atom is 0.246 e. The molecule has 9 heteroatoms. The minimum Gasteiger partial charge on any atom is -0.497 e. The number of benzene rings is 1. The molecule has 1 aromatic heterocycles. The molecule has 1 aromatic carbocycles. The Labute approximate surface area is 182 Å². The molecular formula is C22H28N6O3. The molecule has 2 aliphatic rings. The molecule has 0 bridgehead atoms. The van der Waals surface area contributed by atoms with Crippen molar-refractivity contribution in [3.8, 4) is 5.75 Å². The van der Waals surface area contributed by atoms with E-state index < -0.39 is 0 Å². The van der Waals surface area contributed by atoms with Crippen LogP contribution >= 0.6 is 0 Å². The van der Waals surface area contributed by atoms with Crippen molar-refractivity contribution in [2.75, 3.05) is 61.6 Å². The average Bonchev–Trinajstić information content (AvgIpc) is 3.09. The predicted octanol–water partition coefficient (Wildman–Crippen LogP) is 1.53. The third-order valence-corrected chi connectivity index (χ3v) is 5.88. The molecule has 1 fully saturated rings. The highest BCUT2D eigenvalue weighted by Crippen LogP contribution is 2.32. The maximum atomic E-state index is 13.1. The number of nitrogens with zero attached hydrogens (tertiary/aromatic N) is 6. The summed E-state index contributed by atoms with van der Waals surface area (Å²) in [7, 11) is 3.50. The van der Waals surface area contributed by atoms with Gasteiger partial charge in [-0.1, -0.05) is 0 Å². The fraction of sp³-hybridized carbons (Fsp3) is 0.455. The molecule has 3 heterocycles. The van der Waals surface area contributed by atoms with Gasteiger partial charge in [-0.3, -0.25) is 9.59 Å². The van der Waals surface area contributed by atoms with E-state index >= 15 is 0 Å². The van der Waals surface area contributed by atoms with Gasteiger partial charge in [-0.25, -0.2) is 9.97 Å². The van der Waals surface area contributed by atoms with Crippen LogP contribution in [0.1, 0.15) is 18.9 Å². The molecule has 2 aromatic rings. The number of anilines is 3. The second-order valence-corrected chi connectivity index (χ2v) is 7.88. The SMILES string of the molecule is COc1ccc(N2Cc3c(ncnc3N3CCCN(C(C)=O)CC3)N(C)CC2=O)cc1. The molecule has 9 nitrogen and oxygen atoms in total. The van der Waals surface area contributed by atoms with Gasteiger partial charge in [0.15, 0.2) is 0 Å². The molecule has 2 aliphatic heterocycles. The summed E-state index contributed by atoms with van der Waals surface area (Å²) in [6, 6.07) is 7.49. The lowest BCUT2D eigenvalue weighted by atomic mass is 10.2. The zero-order valence-corrected chi connectivity index (χ0v) is 18.2. The maximum absolute atomic E-state index is 13.1. The van der Waals surface area contributed by atoms with Crippen LogP contribution in [-0.2, 0) is 16.1 Å². The zero-order valence-electron chi connectivity index (χ0n) is 18.2. The van der Waals surface area contributed by atoms with E-state index in [-0.39, 0.29) is 18.4 Å². The number of ether oxygens (including phenoxy) is 1. The van der Waals surface area contributed by atoms with Gasteiger partial charge in [-0.15, -0.1) is 0 Å². The van der Waals surface area contributed by atoms with Crippen LogP contribution in [0, 0.1) is 0 Å². The van der Waals surface area contributed by atoms with Gasteiger partial charge in [0.25, 0.3) is 0 Å². The zero-order chi connectivity index (χ0) is 22.0. The fourth-order valence-corrected chi connectivity index (χ4v) is 4.19. The molecule has 0 spiro atoms. The summed E-state index contributed by atoms with van der Waals surface area (Å²) in [4.78, 5) is 41.7. The van der Waals surface area contributed by atoms with Crippen molar-refractivity contribution in [2.45, 2.75) is 19.9 Å². The van der Waals surface area contributed by atoms with Crippen molar-refractivity contribution >= 4 is 29.1 Å². The number of aromatic nitrogens is 2. The van der Waals surface area contributed by atoms with Crippen molar-refractivity contribution in [1.82, 2.24) is 14.9 Å². The summed E-state index contributed by atoms with van der Waals surface area (Å²) in [5.41, 5.74) is 1.73. The summed E-state index contributed by atoms with van der Waals surface area (Å²) in [6.07, 6.45) is 2.43. The molecule has 2 amide bonds. The Morgan fingerprint density at radius 1 is 1.00 bits per heavy atom. The van der Waals surface area contributed by atoms with Gasteiger partial charge < -0.3 is 24.3 Å². The standard InChI is InChI=1S/C22H28N6O3/c1-16(29)26-9-4-10-27(12-11-26)22-19-13-28(17-5-7-18(31-3)8-6-17)20(30)14-25(2)21(19)23-15-24-22/h5-8,15H,4,9-14H2,1-3H3. The third kappa shape index (κ3) is 4.26. The summed E-state index contributed by atoms with van der Waals surface area (Å²) < 4.78 is 5.25. The first-order chi connectivity index (χ1) is 15.0. The van der Waals surface area contributed by atoms with E-state index in [1.54, 1.807) is 25.3 Å². The van der Waals surface area contributed by atoms with Gasteiger partial charge in [0, 0.05) is 45.8 Å². The molecule has 0 radical (unpaired) electrons. The number of carbonyl (C=O) groups is 2. The molecule has 164 valence electrons. The van der Waals surface area contributed by atoms with E-state index in [0.717, 1.165) is 48.1 Å². The van der Waals surface area contributed by atoms with Crippen LogP contribution in [0.25, 0.3) is 0 Å². The average molecular weight is 425 g/mol. The Morgan fingerprint density at radius 3 is 2.45 bits per heavy atom. The molecule has 1 saturated heterocycles. The Hall–Kier alpha value is -3.36. The van der Waals surface area contributed by atoms with Crippen molar-refractivity contribution in [3.63, 3.8) is 0 Å². The number of hydrogen-bond donors (Lipinski definition) is 0. The Morgan fingerprint density at radius 2 is 1.74 bits per heavy atom. The smallest absolute Gasteiger partial charge is 0.246 e. The van der Waals surface area contributed by atoms with Gasteiger partial charge >= 0.3 is 0 Å². The molecular weight excluding hydrogens is 396 g/mol. The van der Waals surface area contributed by atoms with Crippen LogP contribution in [0.15, 0.2) is 30.6 Å². The second-order valence-electron chi connectivity index (χ2n) is 7.88. The predicted molar refractivity (Wildman–Crippen MR) is 119 cm³/mol. The summed E-state index contributed by atoms with van der Waals surface area (Å²) in [6.45, 7) is 5.12. The second kappa shape index (κ2) is 8.79. The third-order valence-electron chi connectivity index (χ3n) is 5.88. The molecule has 0 N–H and O–H groups in total. The van der Waals surface area contributed by atoms with Crippen LogP contribution in [0.4, 0.5) is 17.3 Å². The van der Waals surface area contributed by atoms with Crippen LogP contribution in [0.3, 0.4) is 0 Å². The Kier molecular flexibility index (Phi) is 5.92. The van der Waals surface area contributed by atoms with E-state index in [4.69, 9.17) is 4.74 Å². The van der Waals surface area contributed by atoms with E-state index in [9.17, 15) is 9.59 Å². The minimum atomic E-state index is -0.00441. The summed E-state index contributed by atoms with van der Waals surface area (Å²) in [5, 5.41) is 0. The van der Waals surface area contributed by atoms with Gasteiger partial charge in [0.05, 0.1) is 25.8 Å². The van der Waals surface area contributed by atoms with Crippen LogP contribution < -0.4 is 19.4 Å². The van der Waals surface area contributed by atoms with Gasteiger partial charge in [-0.2, -0.15) is 0 Å². The van der Waals surface area contributed by atoms with E-state index in [0.29, 0.717) is 19.6 Å². The molecule has 0 aliphatic carbocycles. The number of carbonyl (C=O) groups excluding carboxylic acids is 2. The number of methoxy groups -OCH3 is 1. The first-order valence-electron chi connectivity index (χ1n) is 10.5. The summed E-state index contributed by atoms with van der Waals surface area (Å²) >= 11 is 0. The van der Waals surface area contributed by atoms with Crippen molar-refractivity contribution < 1.29 is 14.3 Å². The first-order valence-corrected chi connectivity index (χ1v) is 10.5. The number of likely N-dealkylation sites (N-methyl/N-ethyl adjacent to an activating group) is 1. The molecule has 31 heavy (non-hydrogen) atoms. The number of amides is 2. The highest BCUT2D eigenvalue weighted by molar-refractivity contribution is 5.98. The van der Waals surface area contributed by atoms with E-state index in [1.807, 2.05) is 41.1 Å². The highest BCUT2D eigenvalue weighted by atomic mass is 16.5. The minimum absolute atomic E-state index is 0.00441. The van der Waals surface area contributed by atoms with Crippen LogP contribution in [0.2, 0.25) is 0 Å². The van der Waals surface area contributed by atoms with E-state index in [1.165, 1.54) is 0 Å². The molecule has 4 rings (SSSR count). The van der Waals surface area contributed by atoms with Crippen LogP contribution in [-0.4, -0.2) is 73.6 Å². The fourth-order valence-electron chi connectivity index (χ4n) is 4.19. The molecule has 0 saturated carbocycles. The summed E-state index contributed by atoms with van der Waals surface area (Å²) in [5.74, 6) is 2.43. The monoisotopic (exact) mass is 424 g/mol. The highest BCUT2D eigenvalue weighted by Gasteiger charge is 2.30. The molecule has 0 atom stereocenters.